The molecule has 1 aromatic heterocycles. The van der Waals surface area contributed by atoms with Gasteiger partial charge in [0, 0.05) is 5.39 Å². The molecule has 0 fully saturated rings. The number of halogens is 3. The van der Waals surface area contributed by atoms with E-state index in [0.29, 0.717) is 11.3 Å². The maximum atomic E-state index is 12.9. The Kier molecular flexibility index (Phi) is 3.56. The van der Waals surface area contributed by atoms with E-state index in [-0.39, 0.29) is 12.4 Å². The molecule has 0 saturated heterocycles. The molecule has 0 saturated carbocycles. The van der Waals surface area contributed by atoms with Crippen LogP contribution in [0, 0.1) is 6.92 Å². The minimum Gasteiger partial charge on any atom is -0.485 e. The predicted molar refractivity (Wildman–Crippen MR) is 76.7 cm³/mol. The largest absolute Gasteiger partial charge is 0.485 e. The van der Waals surface area contributed by atoms with Crippen LogP contribution >= 0.6 is 0 Å². The fourth-order valence-electron chi connectivity index (χ4n) is 2.31. The summed E-state index contributed by atoms with van der Waals surface area (Å²) in [6.07, 6.45) is -4.44. The van der Waals surface area contributed by atoms with Crippen molar-refractivity contribution in [2.24, 2.45) is 0 Å². The first-order valence-corrected chi connectivity index (χ1v) is 6.72. The van der Waals surface area contributed by atoms with Crippen LogP contribution in [0.5, 0.6) is 5.75 Å². The molecular formula is C17H13F3O2. The Morgan fingerprint density at radius 1 is 1.05 bits per heavy atom. The first-order valence-electron chi connectivity index (χ1n) is 6.72. The zero-order valence-electron chi connectivity index (χ0n) is 11.8. The van der Waals surface area contributed by atoms with E-state index in [0.717, 1.165) is 17.0 Å². The Labute approximate surface area is 125 Å². The van der Waals surface area contributed by atoms with E-state index in [1.54, 1.807) is 6.07 Å². The van der Waals surface area contributed by atoms with Gasteiger partial charge in [-0.2, -0.15) is 13.2 Å². The molecule has 0 spiro atoms. The van der Waals surface area contributed by atoms with Crippen molar-refractivity contribution in [3.8, 4) is 5.75 Å². The van der Waals surface area contributed by atoms with Crippen LogP contribution < -0.4 is 4.74 Å². The molecule has 1 heterocycles. The highest BCUT2D eigenvalue weighted by atomic mass is 19.4. The molecule has 0 unspecified atom stereocenters. The van der Waals surface area contributed by atoms with Crippen molar-refractivity contribution in [3.05, 3.63) is 65.4 Å². The molecule has 0 aliphatic heterocycles. The second-order valence-electron chi connectivity index (χ2n) is 4.98. The highest BCUT2D eigenvalue weighted by molar-refractivity contribution is 5.81. The molecule has 0 amide bonds. The standard InChI is InChI=1S/C17H13F3O2/c1-11-5-4-8-15-13(11)9-12(22-15)10-21-16-7-3-2-6-14(16)17(18,19)20/h2-9H,10H2,1H3. The topological polar surface area (TPSA) is 22.4 Å². The zero-order valence-corrected chi connectivity index (χ0v) is 11.8. The maximum Gasteiger partial charge on any atom is 0.419 e. The molecule has 2 nitrogen and oxygen atoms in total. The highest BCUT2D eigenvalue weighted by Crippen LogP contribution is 2.36. The van der Waals surface area contributed by atoms with Crippen LogP contribution in [-0.4, -0.2) is 0 Å². The summed E-state index contributed by atoms with van der Waals surface area (Å²) in [5, 5.41) is 0.935. The van der Waals surface area contributed by atoms with E-state index < -0.39 is 11.7 Å². The van der Waals surface area contributed by atoms with Gasteiger partial charge in [-0.05, 0) is 36.8 Å². The van der Waals surface area contributed by atoms with Crippen molar-refractivity contribution in [3.63, 3.8) is 0 Å². The van der Waals surface area contributed by atoms with Gasteiger partial charge in [-0.15, -0.1) is 0 Å². The summed E-state index contributed by atoms with van der Waals surface area (Å²) in [4.78, 5) is 0. The fraction of sp³-hybridized carbons (Fsp3) is 0.176. The Morgan fingerprint density at radius 2 is 1.82 bits per heavy atom. The second kappa shape index (κ2) is 5.40. The van der Waals surface area contributed by atoms with E-state index in [2.05, 4.69) is 0 Å². The van der Waals surface area contributed by atoms with Crippen molar-refractivity contribution >= 4 is 11.0 Å². The number of furan rings is 1. The van der Waals surface area contributed by atoms with Gasteiger partial charge in [0.05, 0.1) is 5.56 Å². The normalized spacial score (nSPS) is 11.8. The molecule has 0 N–H and O–H groups in total. The van der Waals surface area contributed by atoms with Gasteiger partial charge < -0.3 is 9.15 Å². The van der Waals surface area contributed by atoms with Crippen LogP contribution in [0.1, 0.15) is 16.9 Å². The second-order valence-corrected chi connectivity index (χ2v) is 4.98. The maximum absolute atomic E-state index is 12.9. The van der Waals surface area contributed by atoms with Crippen LogP contribution in [0.3, 0.4) is 0 Å². The third kappa shape index (κ3) is 2.79. The average Bonchev–Trinajstić information content (AvgIpc) is 2.89. The van der Waals surface area contributed by atoms with Gasteiger partial charge in [0.25, 0.3) is 0 Å². The van der Waals surface area contributed by atoms with Crippen molar-refractivity contribution in [2.45, 2.75) is 19.7 Å². The summed E-state index contributed by atoms with van der Waals surface area (Å²) in [6, 6.07) is 12.6. The zero-order chi connectivity index (χ0) is 15.7. The Hall–Kier alpha value is -2.43. The Bertz CT molecular complexity index is 803. The monoisotopic (exact) mass is 306 g/mol. The van der Waals surface area contributed by atoms with Crippen molar-refractivity contribution in [1.82, 2.24) is 0 Å². The van der Waals surface area contributed by atoms with E-state index >= 15 is 0 Å². The van der Waals surface area contributed by atoms with Crippen molar-refractivity contribution in [1.29, 1.82) is 0 Å². The number of fused-ring (bicyclic) bond motifs is 1. The van der Waals surface area contributed by atoms with Gasteiger partial charge in [-0.25, -0.2) is 0 Å². The SMILES string of the molecule is Cc1cccc2oc(COc3ccccc3C(F)(F)F)cc12. The van der Waals surface area contributed by atoms with Crippen LogP contribution in [-0.2, 0) is 12.8 Å². The minimum absolute atomic E-state index is 0.0544. The first kappa shape index (κ1) is 14.5. The summed E-state index contributed by atoms with van der Waals surface area (Å²) in [5.41, 5.74) is 0.952. The lowest BCUT2D eigenvalue weighted by Crippen LogP contribution is -2.08. The lowest BCUT2D eigenvalue weighted by molar-refractivity contribution is -0.139. The number of para-hydroxylation sites is 1. The molecule has 3 rings (SSSR count). The number of rotatable bonds is 3. The molecule has 3 aromatic rings. The minimum atomic E-state index is -4.44. The van der Waals surface area contributed by atoms with Gasteiger partial charge in [-0.1, -0.05) is 24.3 Å². The number of alkyl halides is 3. The van der Waals surface area contributed by atoms with Gasteiger partial charge in [0.15, 0.2) is 0 Å². The van der Waals surface area contributed by atoms with Crippen LogP contribution in [0.4, 0.5) is 13.2 Å². The molecular weight excluding hydrogens is 293 g/mol. The van der Waals surface area contributed by atoms with Crippen LogP contribution in [0.15, 0.2) is 52.9 Å². The number of aryl methyl sites for hydroxylation is 1. The van der Waals surface area contributed by atoms with E-state index in [4.69, 9.17) is 9.15 Å². The van der Waals surface area contributed by atoms with E-state index in [9.17, 15) is 13.2 Å². The van der Waals surface area contributed by atoms with E-state index in [1.807, 2.05) is 25.1 Å². The summed E-state index contributed by atoms with van der Waals surface area (Å²) in [5.74, 6) is 0.286. The lowest BCUT2D eigenvalue weighted by Gasteiger charge is -2.12. The molecule has 0 bridgehead atoms. The quantitative estimate of drug-likeness (QED) is 0.652. The molecule has 5 heteroatoms. The van der Waals surface area contributed by atoms with Crippen molar-refractivity contribution in [2.75, 3.05) is 0 Å². The third-order valence-corrected chi connectivity index (χ3v) is 3.39. The fourth-order valence-corrected chi connectivity index (χ4v) is 2.31. The number of ether oxygens (including phenoxy) is 1. The predicted octanol–water partition coefficient (Wildman–Crippen LogP) is 5.34. The van der Waals surface area contributed by atoms with Gasteiger partial charge in [0.2, 0.25) is 0 Å². The molecule has 22 heavy (non-hydrogen) atoms. The number of benzene rings is 2. The molecule has 0 aliphatic rings. The lowest BCUT2D eigenvalue weighted by atomic mass is 10.1. The van der Waals surface area contributed by atoms with Gasteiger partial charge >= 0.3 is 6.18 Å². The average molecular weight is 306 g/mol. The molecule has 2 aromatic carbocycles. The molecule has 114 valence electrons. The molecule has 0 atom stereocenters. The Morgan fingerprint density at radius 3 is 2.55 bits per heavy atom. The number of hydrogen-bond acceptors (Lipinski definition) is 2. The summed E-state index contributed by atoms with van der Waals surface area (Å²) >= 11 is 0. The third-order valence-electron chi connectivity index (χ3n) is 3.39. The molecule has 0 aliphatic carbocycles. The smallest absolute Gasteiger partial charge is 0.419 e. The van der Waals surface area contributed by atoms with Gasteiger partial charge in [0.1, 0.15) is 23.7 Å². The van der Waals surface area contributed by atoms with E-state index in [1.165, 1.54) is 18.2 Å². The summed E-state index contributed by atoms with van der Waals surface area (Å²) in [6.45, 7) is 1.89. The van der Waals surface area contributed by atoms with Crippen LogP contribution in [0.25, 0.3) is 11.0 Å². The van der Waals surface area contributed by atoms with Crippen molar-refractivity contribution < 1.29 is 22.3 Å². The molecule has 0 radical (unpaired) electrons. The van der Waals surface area contributed by atoms with Gasteiger partial charge in [-0.3, -0.25) is 0 Å². The Balaban J connectivity index is 1.84. The summed E-state index contributed by atoms with van der Waals surface area (Å²) < 4.78 is 49.6. The highest BCUT2D eigenvalue weighted by Gasteiger charge is 2.34. The van der Waals surface area contributed by atoms with Crippen LogP contribution in [0.2, 0.25) is 0 Å². The summed E-state index contributed by atoms with van der Waals surface area (Å²) in [7, 11) is 0. The first-order chi connectivity index (χ1) is 10.4. The number of hydrogen-bond donors (Lipinski definition) is 0.